The molecule has 0 unspecified atom stereocenters. The third-order valence-electron chi connectivity index (χ3n) is 4.44. The number of hydrazone groups is 1. The van der Waals surface area contributed by atoms with Gasteiger partial charge in [-0.25, -0.2) is 9.97 Å². The standard InChI is InChI=1S/C22H16Br2N4O2/c1-12-8-20(27-22(26-12)16-9-14(23)10-18(24)21(16)30)28-25-11-17-15-5-3-2-4-13(15)6-7-19(17)29/h2-11,29-30H,1H3,(H,26,27,28)/b25-11+. The molecule has 150 valence electrons. The van der Waals surface area contributed by atoms with Crippen LogP contribution in [0.1, 0.15) is 11.3 Å². The Kier molecular flexibility index (Phi) is 5.69. The minimum Gasteiger partial charge on any atom is -0.507 e. The molecule has 3 aromatic carbocycles. The number of phenolic OH excluding ortho intramolecular Hbond substituents is 2. The van der Waals surface area contributed by atoms with E-state index in [1.54, 1.807) is 30.5 Å². The first-order chi connectivity index (χ1) is 14.4. The van der Waals surface area contributed by atoms with E-state index in [0.717, 1.165) is 15.2 Å². The number of rotatable bonds is 4. The number of aryl methyl sites for hydroxylation is 1. The van der Waals surface area contributed by atoms with Crippen LogP contribution in [0, 0.1) is 6.92 Å². The van der Waals surface area contributed by atoms with Crippen LogP contribution < -0.4 is 5.43 Å². The third kappa shape index (κ3) is 4.15. The van der Waals surface area contributed by atoms with Crippen molar-refractivity contribution in [3.63, 3.8) is 0 Å². The summed E-state index contributed by atoms with van der Waals surface area (Å²) < 4.78 is 1.32. The summed E-state index contributed by atoms with van der Waals surface area (Å²) in [6, 6.07) is 16.5. The van der Waals surface area contributed by atoms with Crippen LogP contribution in [0.4, 0.5) is 5.82 Å². The fourth-order valence-corrected chi connectivity index (χ4v) is 4.29. The lowest BCUT2D eigenvalue weighted by Crippen LogP contribution is -1.99. The molecule has 4 rings (SSSR count). The molecular weight excluding hydrogens is 512 g/mol. The van der Waals surface area contributed by atoms with Crippen LogP contribution in [0.15, 0.2) is 68.6 Å². The lowest BCUT2D eigenvalue weighted by Gasteiger charge is -2.09. The van der Waals surface area contributed by atoms with Gasteiger partial charge < -0.3 is 10.2 Å². The Bertz CT molecular complexity index is 1290. The quantitative estimate of drug-likeness (QED) is 0.224. The summed E-state index contributed by atoms with van der Waals surface area (Å²) in [5.74, 6) is 1.02. The van der Waals surface area contributed by atoms with E-state index < -0.39 is 0 Å². The summed E-state index contributed by atoms with van der Waals surface area (Å²) in [5.41, 5.74) is 4.69. The largest absolute Gasteiger partial charge is 0.507 e. The lowest BCUT2D eigenvalue weighted by molar-refractivity contribution is 0.473. The number of halogens is 2. The lowest BCUT2D eigenvalue weighted by atomic mass is 10.0. The monoisotopic (exact) mass is 526 g/mol. The van der Waals surface area contributed by atoms with Gasteiger partial charge >= 0.3 is 0 Å². The summed E-state index contributed by atoms with van der Waals surface area (Å²) in [4.78, 5) is 8.89. The number of aromatic nitrogens is 2. The van der Waals surface area contributed by atoms with Gasteiger partial charge in [0.2, 0.25) is 0 Å². The topological polar surface area (TPSA) is 90.6 Å². The van der Waals surface area contributed by atoms with Crippen molar-refractivity contribution in [1.82, 2.24) is 9.97 Å². The highest BCUT2D eigenvalue weighted by molar-refractivity contribution is 9.11. The van der Waals surface area contributed by atoms with E-state index in [9.17, 15) is 10.2 Å². The second-order valence-electron chi connectivity index (χ2n) is 6.59. The minimum atomic E-state index is 0.0546. The highest BCUT2D eigenvalue weighted by Crippen LogP contribution is 2.37. The molecule has 0 bridgehead atoms. The Hall–Kier alpha value is -2.97. The van der Waals surface area contributed by atoms with Crippen LogP contribution in [0.3, 0.4) is 0 Å². The molecule has 30 heavy (non-hydrogen) atoms. The second kappa shape index (κ2) is 8.41. The van der Waals surface area contributed by atoms with E-state index >= 15 is 0 Å². The molecular formula is C22H16Br2N4O2. The molecule has 0 aliphatic rings. The maximum atomic E-state index is 10.4. The summed E-state index contributed by atoms with van der Waals surface area (Å²) in [5, 5.41) is 26.8. The molecule has 3 N–H and O–H groups in total. The number of aromatic hydroxyl groups is 2. The van der Waals surface area contributed by atoms with Crippen molar-refractivity contribution in [2.24, 2.45) is 5.10 Å². The van der Waals surface area contributed by atoms with E-state index in [4.69, 9.17) is 0 Å². The number of nitrogens with one attached hydrogen (secondary N) is 1. The highest BCUT2D eigenvalue weighted by Gasteiger charge is 2.13. The molecule has 0 saturated carbocycles. The summed E-state index contributed by atoms with van der Waals surface area (Å²) >= 11 is 6.74. The number of benzene rings is 3. The summed E-state index contributed by atoms with van der Waals surface area (Å²) in [6.45, 7) is 1.83. The molecule has 0 aliphatic heterocycles. The molecule has 6 nitrogen and oxygen atoms in total. The highest BCUT2D eigenvalue weighted by atomic mass is 79.9. The Morgan fingerprint density at radius 1 is 1.00 bits per heavy atom. The van der Waals surface area contributed by atoms with Crippen molar-refractivity contribution >= 4 is 54.7 Å². The van der Waals surface area contributed by atoms with Crippen molar-refractivity contribution in [3.8, 4) is 22.9 Å². The number of anilines is 1. The minimum absolute atomic E-state index is 0.0546. The first kappa shape index (κ1) is 20.3. The Labute approximate surface area is 189 Å². The fraction of sp³-hybridized carbons (Fsp3) is 0.0455. The van der Waals surface area contributed by atoms with Crippen LogP contribution in [0.25, 0.3) is 22.2 Å². The first-order valence-electron chi connectivity index (χ1n) is 8.96. The Morgan fingerprint density at radius 3 is 2.63 bits per heavy atom. The zero-order valence-corrected chi connectivity index (χ0v) is 18.9. The normalized spacial score (nSPS) is 11.3. The maximum Gasteiger partial charge on any atom is 0.165 e. The van der Waals surface area contributed by atoms with E-state index in [1.807, 2.05) is 37.3 Å². The third-order valence-corrected chi connectivity index (χ3v) is 5.51. The zero-order valence-electron chi connectivity index (χ0n) is 15.8. The van der Waals surface area contributed by atoms with E-state index in [1.165, 1.54) is 0 Å². The van der Waals surface area contributed by atoms with Crippen molar-refractivity contribution in [2.45, 2.75) is 6.92 Å². The van der Waals surface area contributed by atoms with Gasteiger partial charge in [-0.1, -0.05) is 46.3 Å². The number of hydrogen-bond acceptors (Lipinski definition) is 6. The number of fused-ring (bicyclic) bond motifs is 1. The van der Waals surface area contributed by atoms with Crippen molar-refractivity contribution < 1.29 is 10.2 Å². The van der Waals surface area contributed by atoms with Gasteiger partial charge in [-0.15, -0.1) is 0 Å². The number of hydrogen-bond donors (Lipinski definition) is 3. The molecule has 1 heterocycles. The van der Waals surface area contributed by atoms with Crippen LogP contribution in [0.5, 0.6) is 11.5 Å². The molecule has 1 aromatic heterocycles. The predicted molar refractivity (Wildman–Crippen MR) is 126 cm³/mol. The molecule has 8 heteroatoms. The Balaban J connectivity index is 1.67. The van der Waals surface area contributed by atoms with Gasteiger partial charge in [0.05, 0.1) is 16.3 Å². The van der Waals surface area contributed by atoms with Crippen LogP contribution in [-0.4, -0.2) is 26.4 Å². The van der Waals surface area contributed by atoms with Gasteiger partial charge in [-0.2, -0.15) is 5.10 Å². The fourth-order valence-electron chi connectivity index (χ4n) is 3.07. The van der Waals surface area contributed by atoms with Gasteiger partial charge in [-0.05, 0) is 51.8 Å². The van der Waals surface area contributed by atoms with E-state index in [0.29, 0.717) is 32.9 Å². The van der Waals surface area contributed by atoms with Crippen molar-refractivity contribution in [1.29, 1.82) is 0 Å². The van der Waals surface area contributed by atoms with Crippen LogP contribution >= 0.6 is 31.9 Å². The molecule has 0 saturated heterocycles. The predicted octanol–water partition coefficient (Wildman–Crippen LogP) is 5.99. The summed E-state index contributed by atoms with van der Waals surface area (Å²) in [6.07, 6.45) is 1.56. The van der Waals surface area contributed by atoms with Crippen molar-refractivity contribution in [2.75, 3.05) is 5.43 Å². The van der Waals surface area contributed by atoms with Crippen molar-refractivity contribution in [3.05, 3.63) is 74.8 Å². The molecule has 0 amide bonds. The average Bonchev–Trinajstić information content (AvgIpc) is 2.72. The SMILES string of the molecule is Cc1cc(N/N=C/c2c(O)ccc3ccccc23)nc(-c2cc(Br)cc(Br)c2O)n1. The second-order valence-corrected chi connectivity index (χ2v) is 8.36. The van der Waals surface area contributed by atoms with Gasteiger partial charge in [0.25, 0.3) is 0 Å². The Morgan fingerprint density at radius 2 is 1.80 bits per heavy atom. The smallest absolute Gasteiger partial charge is 0.165 e. The van der Waals surface area contributed by atoms with Gasteiger partial charge in [0.1, 0.15) is 11.5 Å². The van der Waals surface area contributed by atoms with E-state index in [2.05, 4.69) is 52.4 Å². The van der Waals surface area contributed by atoms with E-state index in [-0.39, 0.29) is 11.5 Å². The number of nitrogens with zero attached hydrogens (tertiary/aromatic N) is 3. The maximum absolute atomic E-state index is 10.4. The van der Waals surface area contributed by atoms with Gasteiger partial charge in [-0.3, -0.25) is 5.43 Å². The van der Waals surface area contributed by atoms with Crippen LogP contribution in [-0.2, 0) is 0 Å². The molecule has 0 radical (unpaired) electrons. The molecule has 0 atom stereocenters. The summed E-state index contributed by atoms with van der Waals surface area (Å²) in [7, 11) is 0. The first-order valence-corrected chi connectivity index (χ1v) is 10.5. The van der Waals surface area contributed by atoms with Gasteiger partial charge in [0.15, 0.2) is 11.6 Å². The molecule has 0 aliphatic carbocycles. The molecule has 4 aromatic rings. The number of phenols is 2. The van der Waals surface area contributed by atoms with Gasteiger partial charge in [0, 0.05) is 21.8 Å². The molecule has 0 spiro atoms. The average molecular weight is 528 g/mol. The zero-order chi connectivity index (χ0) is 21.3. The van der Waals surface area contributed by atoms with Crippen LogP contribution in [0.2, 0.25) is 0 Å². The molecule has 0 fully saturated rings.